The quantitative estimate of drug-likeness (QED) is 0.822. The summed E-state index contributed by atoms with van der Waals surface area (Å²) >= 11 is 0. The molecule has 0 N–H and O–H groups in total. The molecule has 0 spiro atoms. The van der Waals surface area contributed by atoms with E-state index in [4.69, 9.17) is 0 Å². The Morgan fingerprint density at radius 3 is 2.41 bits per heavy atom. The predicted molar refractivity (Wildman–Crippen MR) is 70.8 cm³/mol. The molecule has 0 bridgehead atoms. The first-order valence-corrected chi connectivity index (χ1v) is 6.79. The van der Waals surface area contributed by atoms with Gasteiger partial charge in [0.15, 0.2) is 11.0 Å². The molecule has 17 heavy (non-hydrogen) atoms. The highest BCUT2D eigenvalue weighted by Crippen LogP contribution is 2.39. The van der Waals surface area contributed by atoms with Gasteiger partial charge in [-0.05, 0) is 10.8 Å². The van der Waals surface area contributed by atoms with Crippen molar-refractivity contribution in [3.05, 3.63) is 59.6 Å². The highest BCUT2D eigenvalue weighted by molar-refractivity contribution is 8.22. The van der Waals surface area contributed by atoms with Crippen LogP contribution >= 0.6 is 10.9 Å². The van der Waals surface area contributed by atoms with Crippen molar-refractivity contribution in [2.24, 2.45) is 0 Å². The van der Waals surface area contributed by atoms with Crippen LogP contribution in [0.25, 0.3) is 11.4 Å². The van der Waals surface area contributed by atoms with Gasteiger partial charge >= 0.3 is 0 Å². The summed E-state index contributed by atoms with van der Waals surface area (Å²) in [4.78, 5) is 13.0. The average Bonchev–Trinajstić information content (AvgIpc) is 2.94. The van der Waals surface area contributed by atoms with Crippen LogP contribution in [0.4, 0.5) is 0 Å². The van der Waals surface area contributed by atoms with E-state index in [1.807, 2.05) is 42.5 Å². The summed E-state index contributed by atoms with van der Waals surface area (Å²) in [5.74, 6) is 0.742. The van der Waals surface area contributed by atoms with Crippen molar-refractivity contribution < 1.29 is 0 Å². The van der Waals surface area contributed by atoms with E-state index < -0.39 is 10.9 Å². The van der Waals surface area contributed by atoms with Gasteiger partial charge in [-0.25, -0.2) is 15.0 Å². The summed E-state index contributed by atoms with van der Waals surface area (Å²) in [7, 11) is -0.470. The minimum absolute atomic E-state index is 0.470. The highest BCUT2D eigenvalue weighted by atomic mass is 32.2. The zero-order valence-corrected chi connectivity index (χ0v) is 9.96. The third-order valence-electron chi connectivity index (χ3n) is 2.43. The zero-order valence-electron chi connectivity index (χ0n) is 9.06. The maximum atomic E-state index is 4.53. The van der Waals surface area contributed by atoms with Gasteiger partial charge in [-0.3, -0.25) is 0 Å². The molecular formula is C13H11N3S. The number of hydrogen-bond donors (Lipinski definition) is 1. The lowest BCUT2D eigenvalue weighted by atomic mass is 10.2. The Labute approximate surface area is 102 Å². The van der Waals surface area contributed by atoms with Gasteiger partial charge in [-0.2, -0.15) is 10.9 Å². The number of benzene rings is 1. The van der Waals surface area contributed by atoms with Crippen molar-refractivity contribution in [2.75, 3.05) is 0 Å². The Morgan fingerprint density at radius 2 is 1.65 bits per heavy atom. The molecule has 0 saturated carbocycles. The minimum Gasteiger partial charge on any atom is -0.216 e. The second-order valence-corrected chi connectivity index (χ2v) is 5.38. The van der Waals surface area contributed by atoms with Crippen molar-refractivity contribution in [1.82, 2.24) is 15.0 Å². The van der Waals surface area contributed by atoms with Gasteiger partial charge in [0.1, 0.15) is 6.33 Å². The van der Waals surface area contributed by atoms with Gasteiger partial charge in [-0.1, -0.05) is 42.5 Å². The molecule has 1 aliphatic heterocycles. The normalized spacial score (nSPS) is 15.4. The molecule has 0 saturated heterocycles. The van der Waals surface area contributed by atoms with Crippen LogP contribution in [0.1, 0.15) is 0 Å². The van der Waals surface area contributed by atoms with Gasteiger partial charge in [0.25, 0.3) is 0 Å². The SMILES string of the molecule is C1=C[SH](c2ncnc(-c3ccccc3)n2)C=C1. The second kappa shape index (κ2) is 4.51. The smallest absolute Gasteiger partial charge is 0.178 e. The Kier molecular flexibility index (Phi) is 2.71. The molecule has 84 valence electrons. The number of thiol groups is 1. The molecule has 1 aliphatic rings. The molecule has 4 heteroatoms. The van der Waals surface area contributed by atoms with Crippen LogP contribution in [0, 0.1) is 0 Å². The van der Waals surface area contributed by atoms with E-state index in [0.29, 0.717) is 0 Å². The summed E-state index contributed by atoms with van der Waals surface area (Å²) in [5, 5.41) is 5.14. The number of aromatic nitrogens is 3. The van der Waals surface area contributed by atoms with E-state index in [-0.39, 0.29) is 0 Å². The molecule has 0 atom stereocenters. The van der Waals surface area contributed by atoms with Crippen molar-refractivity contribution in [1.29, 1.82) is 0 Å². The minimum atomic E-state index is -0.470. The molecule has 3 nitrogen and oxygen atoms in total. The third kappa shape index (κ3) is 2.12. The highest BCUT2D eigenvalue weighted by Gasteiger charge is 2.08. The first kappa shape index (κ1) is 10.2. The lowest BCUT2D eigenvalue weighted by molar-refractivity contribution is 0.912. The molecule has 0 amide bonds. The van der Waals surface area contributed by atoms with Crippen molar-refractivity contribution in [3.63, 3.8) is 0 Å². The van der Waals surface area contributed by atoms with Crippen LogP contribution in [0.15, 0.2) is 64.8 Å². The lowest BCUT2D eigenvalue weighted by Gasteiger charge is -2.08. The molecule has 1 aromatic heterocycles. The Bertz CT molecular complexity index is 566. The molecule has 1 aromatic carbocycles. The number of rotatable bonds is 2. The zero-order chi connectivity index (χ0) is 11.5. The molecule has 0 fully saturated rings. The fraction of sp³-hybridized carbons (Fsp3) is 0. The molecule has 2 aromatic rings. The second-order valence-electron chi connectivity index (χ2n) is 3.57. The van der Waals surface area contributed by atoms with Crippen LogP contribution in [0.5, 0.6) is 0 Å². The van der Waals surface area contributed by atoms with Gasteiger partial charge in [-0.15, -0.1) is 0 Å². The fourth-order valence-corrected chi connectivity index (χ4v) is 2.94. The first-order valence-electron chi connectivity index (χ1n) is 5.31. The monoisotopic (exact) mass is 241 g/mol. The summed E-state index contributed by atoms with van der Waals surface area (Å²) in [5.41, 5.74) is 1.03. The molecule has 0 aliphatic carbocycles. The van der Waals surface area contributed by atoms with Crippen LogP contribution in [0.2, 0.25) is 0 Å². The topological polar surface area (TPSA) is 38.7 Å². The van der Waals surface area contributed by atoms with Crippen LogP contribution in [0.3, 0.4) is 0 Å². The van der Waals surface area contributed by atoms with Gasteiger partial charge in [0.05, 0.1) is 0 Å². The maximum absolute atomic E-state index is 4.53. The Balaban J connectivity index is 2.00. The van der Waals surface area contributed by atoms with E-state index >= 15 is 0 Å². The maximum Gasteiger partial charge on any atom is 0.178 e. The average molecular weight is 241 g/mol. The Morgan fingerprint density at radius 1 is 0.882 bits per heavy atom. The van der Waals surface area contributed by atoms with Gasteiger partial charge in [0.2, 0.25) is 0 Å². The summed E-state index contributed by atoms with van der Waals surface area (Å²) in [6.07, 6.45) is 5.67. The third-order valence-corrected chi connectivity index (χ3v) is 4.09. The molecular weight excluding hydrogens is 230 g/mol. The van der Waals surface area contributed by atoms with Crippen molar-refractivity contribution >= 4 is 10.9 Å². The van der Waals surface area contributed by atoms with Gasteiger partial charge < -0.3 is 0 Å². The summed E-state index contributed by atoms with van der Waals surface area (Å²) in [6, 6.07) is 9.97. The molecule has 2 heterocycles. The molecule has 0 unspecified atom stereocenters. The standard InChI is InChI=1S/C13H11N3S/c1-2-6-11(7-3-1)12-14-10-15-13(16-12)17-8-4-5-9-17/h1-10,17H. The van der Waals surface area contributed by atoms with E-state index in [0.717, 1.165) is 16.5 Å². The van der Waals surface area contributed by atoms with E-state index in [1.165, 1.54) is 0 Å². The van der Waals surface area contributed by atoms with Crippen molar-refractivity contribution in [3.8, 4) is 11.4 Å². The fourth-order valence-electron chi connectivity index (χ4n) is 1.61. The summed E-state index contributed by atoms with van der Waals surface area (Å²) in [6.45, 7) is 0. The van der Waals surface area contributed by atoms with Crippen molar-refractivity contribution in [2.45, 2.75) is 5.16 Å². The van der Waals surface area contributed by atoms with Crippen LogP contribution < -0.4 is 0 Å². The first-order chi connectivity index (χ1) is 8.43. The van der Waals surface area contributed by atoms with E-state index in [1.54, 1.807) is 6.33 Å². The van der Waals surface area contributed by atoms with Crippen LogP contribution in [-0.4, -0.2) is 15.0 Å². The number of hydrogen-bond acceptors (Lipinski definition) is 3. The Hall–Kier alpha value is -1.94. The molecule has 3 rings (SSSR count). The van der Waals surface area contributed by atoms with Crippen LogP contribution in [-0.2, 0) is 0 Å². The lowest BCUT2D eigenvalue weighted by Crippen LogP contribution is -1.94. The number of nitrogens with zero attached hydrogens (tertiary/aromatic N) is 3. The summed E-state index contributed by atoms with van der Waals surface area (Å²) < 4.78 is 0. The number of allylic oxidation sites excluding steroid dienone is 2. The van der Waals surface area contributed by atoms with E-state index in [2.05, 4.69) is 25.8 Å². The largest absolute Gasteiger partial charge is 0.216 e. The van der Waals surface area contributed by atoms with E-state index in [9.17, 15) is 0 Å². The predicted octanol–water partition coefficient (Wildman–Crippen LogP) is 2.94. The molecule has 0 radical (unpaired) electrons. The van der Waals surface area contributed by atoms with Gasteiger partial charge in [0, 0.05) is 5.56 Å².